The van der Waals surface area contributed by atoms with Crippen LogP contribution < -0.4 is 0 Å². The standard InChI is InChI=1S/C27H46O/c1-18(2)9-8-10-19(3)22-14-15-23-21-13-12-20-11-6-7-16-26(20,4)25(21)24(28)17-27(22,23)5/h12,18-19,21-25,28H,6-11,13-17H2,1-5H3/t19-,21+,22-,23+,24?,25-,26+,27-/m1/s1. The highest BCUT2D eigenvalue weighted by Gasteiger charge is 2.61. The molecule has 0 spiro atoms. The van der Waals surface area contributed by atoms with Gasteiger partial charge < -0.3 is 5.11 Å². The third kappa shape index (κ3) is 3.32. The third-order valence-corrected chi connectivity index (χ3v) is 10.2. The first-order valence-corrected chi connectivity index (χ1v) is 12.6. The van der Waals surface area contributed by atoms with Crippen molar-refractivity contribution in [3.63, 3.8) is 0 Å². The maximum Gasteiger partial charge on any atom is 0.0585 e. The van der Waals surface area contributed by atoms with E-state index in [4.69, 9.17) is 0 Å². The summed E-state index contributed by atoms with van der Waals surface area (Å²) in [6.45, 7) is 12.3. The van der Waals surface area contributed by atoms with E-state index in [9.17, 15) is 5.11 Å². The molecule has 0 aromatic carbocycles. The number of aliphatic hydroxyl groups is 1. The van der Waals surface area contributed by atoms with Gasteiger partial charge in [0.25, 0.3) is 0 Å². The van der Waals surface area contributed by atoms with E-state index in [1.165, 1.54) is 64.2 Å². The van der Waals surface area contributed by atoms with Crippen LogP contribution in [0.4, 0.5) is 0 Å². The molecule has 1 unspecified atom stereocenters. The van der Waals surface area contributed by atoms with Crippen molar-refractivity contribution >= 4 is 0 Å². The lowest BCUT2D eigenvalue weighted by Crippen LogP contribution is -2.56. The number of aliphatic hydroxyl groups excluding tert-OH is 1. The van der Waals surface area contributed by atoms with Crippen LogP contribution in [0.15, 0.2) is 11.6 Å². The van der Waals surface area contributed by atoms with Crippen LogP contribution in [0.5, 0.6) is 0 Å². The first-order chi connectivity index (χ1) is 13.3. The molecule has 0 amide bonds. The van der Waals surface area contributed by atoms with Gasteiger partial charge in [-0.1, -0.05) is 72.0 Å². The van der Waals surface area contributed by atoms with Gasteiger partial charge in [-0.3, -0.25) is 0 Å². The fourth-order valence-electron chi connectivity index (χ4n) is 8.85. The summed E-state index contributed by atoms with van der Waals surface area (Å²) < 4.78 is 0. The van der Waals surface area contributed by atoms with E-state index in [1.807, 2.05) is 0 Å². The summed E-state index contributed by atoms with van der Waals surface area (Å²) in [6, 6.07) is 0. The van der Waals surface area contributed by atoms with E-state index in [1.54, 1.807) is 5.57 Å². The average Bonchev–Trinajstić information content (AvgIpc) is 2.97. The van der Waals surface area contributed by atoms with Crippen LogP contribution in [-0.4, -0.2) is 11.2 Å². The van der Waals surface area contributed by atoms with Gasteiger partial charge in [-0.15, -0.1) is 0 Å². The molecule has 4 aliphatic rings. The van der Waals surface area contributed by atoms with Crippen molar-refractivity contribution in [3.05, 3.63) is 11.6 Å². The fourth-order valence-corrected chi connectivity index (χ4v) is 8.85. The van der Waals surface area contributed by atoms with Crippen molar-refractivity contribution in [2.75, 3.05) is 0 Å². The van der Waals surface area contributed by atoms with Gasteiger partial charge in [-0.25, -0.2) is 0 Å². The van der Waals surface area contributed by atoms with Crippen molar-refractivity contribution in [3.8, 4) is 0 Å². The molecule has 1 nitrogen and oxygen atoms in total. The van der Waals surface area contributed by atoms with Crippen LogP contribution in [-0.2, 0) is 0 Å². The van der Waals surface area contributed by atoms with Gasteiger partial charge >= 0.3 is 0 Å². The van der Waals surface area contributed by atoms with E-state index in [0.717, 1.165) is 36.0 Å². The zero-order valence-electron chi connectivity index (χ0n) is 19.3. The maximum atomic E-state index is 11.5. The average molecular weight is 387 g/mol. The summed E-state index contributed by atoms with van der Waals surface area (Å²) in [7, 11) is 0. The molecule has 1 N–H and O–H groups in total. The van der Waals surface area contributed by atoms with Crippen LogP contribution >= 0.6 is 0 Å². The lowest BCUT2D eigenvalue weighted by Gasteiger charge is -2.59. The van der Waals surface area contributed by atoms with Crippen LogP contribution in [0.3, 0.4) is 0 Å². The monoisotopic (exact) mass is 386 g/mol. The van der Waals surface area contributed by atoms with Crippen molar-refractivity contribution in [2.24, 2.45) is 46.3 Å². The molecule has 0 saturated heterocycles. The van der Waals surface area contributed by atoms with E-state index in [0.29, 0.717) is 16.7 Å². The molecule has 4 aliphatic carbocycles. The fraction of sp³-hybridized carbons (Fsp3) is 0.926. The molecule has 0 heterocycles. The Hall–Kier alpha value is -0.300. The van der Waals surface area contributed by atoms with E-state index in [-0.39, 0.29) is 6.10 Å². The molecule has 0 bridgehead atoms. The zero-order valence-corrected chi connectivity index (χ0v) is 19.3. The van der Waals surface area contributed by atoms with E-state index >= 15 is 0 Å². The van der Waals surface area contributed by atoms with Crippen LogP contribution in [0, 0.1) is 46.3 Å². The number of hydrogen-bond acceptors (Lipinski definition) is 1. The van der Waals surface area contributed by atoms with E-state index in [2.05, 4.69) is 40.7 Å². The molecule has 3 saturated carbocycles. The Labute approximate surface area is 174 Å². The molecule has 0 aliphatic heterocycles. The second-order valence-electron chi connectivity index (χ2n) is 12.1. The SMILES string of the molecule is CC(C)CCC[C@@H](C)[C@H]1CC[C@H]2[C@@H]3CC=C4CCCC[C@]4(C)[C@H]3C(O)C[C@]12C. The Morgan fingerprint density at radius 1 is 1.11 bits per heavy atom. The predicted octanol–water partition coefficient (Wildman–Crippen LogP) is 7.39. The third-order valence-electron chi connectivity index (χ3n) is 10.2. The summed E-state index contributed by atoms with van der Waals surface area (Å²) in [6.07, 6.45) is 17.2. The van der Waals surface area contributed by atoms with Crippen LogP contribution in [0.25, 0.3) is 0 Å². The Kier molecular flexibility index (Phi) is 5.80. The highest BCUT2D eigenvalue weighted by atomic mass is 16.3. The zero-order chi connectivity index (χ0) is 20.1. The minimum Gasteiger partial charge on any atom is -0.393 e. The van der Waals surface area contributed by atoms with Gasteiger partial charge in [-0.05, 0) is 91.3 Å². The number of hydrogen-bond donors (Lipinski definition) is 1. The van der Waals surface area contributed by atoms with Crippen LogP contribution in [0.2, 0.25) is 0 Å². The first-order valence-electron chi connectivity index (χ1n) is 12.6. The van der Waals surface area contributed by atoms with Crippen molar-refractivity contribution < 1.29 is 5.11 Å². The maximum absolute atomic E-state index is 11.5. The Morgan fingerprint density at radius 3 is 2.64 bits per heavy atom. The largest absolute Gasteiger partial charge is 0.393 e. The van der Waals surface area contributed by atoms with Gasteiger partial charge in [0, 0.05) is 0 Å². The molecule has 0 radical (unpaired) electrons. The molecule has 3 fully saturated rings. The smallest absolute Gasteiger partial charge is 0.0585 e. The summed E-state index contributed by atoms with van der Waals surface area (Å²) in [5, 5.41) is 11.5. The summed E-state index contributed by atoms with van der Waals surface area (Å²) in [5.41, 5.74) is 2.37. The normalized spacial score (nSPS) is 46.5. The Morgan fingerprint density at radius 2 is 1.89 bits per heavy atom. The molecule has 28 heavy (non-hydrogen) atoms. The van der Waals surface area contributed by atoms with Crippen molar-refractivity contribution in [1.82, 2.24) is 0 Å². The molecule has 4 rings (SSSR count). The second kappa shape index (κ2) is 7.75. The minimum atomic E-state index is -0.0819. The first kappa shape index (κ1) is 21.0. The van der Waals surface area contributed by atoms with Gasteiger partial charge in [0.05, 0.1) is 6.10 Å². The topological polar surface area (TPSA) is 20.2 Å². The minimum absolute atomic E-state index is 0.0819. The van der Waals surface area contributed by atoms with Crippen LogP contribution in [0.1, 0.15) is 105 Å². The van der Waals surface area contributed by atoms with Gasteiger partial charge in [0.1, 0.15) is 0 Å². The molecular weight excluding hydrogens is 340 g/mol. The quantitative estimate of drug-likeness (QED) is 0.488. The lowest BCUT2D eigenvalue weighted by atomic mass is 9.46. The molecular formula is C27H46O. The highest BCUT2D eigenvalue weighted by Crippen LogP contribution is 2.67. The number of rotatable bonds is 5. The summed E-state index contributed by atoms with van der Waals surface area (Å²) >= 11 is 0. The molecule has 8 atom stereocenters. The second-order valence-corrected chi connectivity index (χ2v) is 12.1. The van der Waals surface area contributed by atoms with Gasteiger partial charge in [-0.2, -0.15) is 0 Å². The summed E-state index contributed by atoms with van der Waals surface area (Å²) in [4.78, 5) is 0. The molecule has 0 aromatic rings. The predicted molar refractivity (Wildman–Crippen MR) is 119 cm³/mol. The summed E-state index contributed by atoms with van der Waals surface area (Å²) in [5.74, 6) is 4.57. The lowest BCUT2D eigenvalue weighted by molar-refractivity contribution is -0.126. The molecule has 160 valence electrons. The van der Waals surface area contributed by atoms with Gasteiger partial charge in [0.2, 0.25) is 0 Å². The van der Waals surface area contributed by atoms with E-state index < -0.39 is 0 Å². The Balaban J connectivity index is 1.54. The van der Waals surface area contributed by atoms with Crippen molar-refractivity contribution in [1.29, 1.82) is 0 Å². The molecule has 0 aromatic heterocycles. The number of fused-ring (bicyclic) bond motifs is 5. The Bertz CT molecular complexity index is 591. The number of allylic oxidation sites excluding steroid dienone is 2. The highest BCUT2D eigenvalue weighted by molar-refractivity contribution is 5.25. The van der Waals surface area contributed by atoms with Gasteiger partial charge in [0.15, 0.2) is 0 Å². The van der Waals surface area contributed by atoms with Crippen molar-refractivity contribution in [2.45, 2.75) is 111 Å². The molecule has 1 heteroatoms.